The summed E-state index contributed by atoms with van der Waals surface area (Å²) in [6.45, 7) is 4.39. The van der Waals surface area contributed by atoms with Gasteiger partial charge in [0.2, 0.25) is 0 Å². The van der Waals surface area contributed by atoms with E-state index in [0.717, 1.165) is 17.5 Å². The molecule has 1 aromatic rings. The number of rotatable bonds is 6. The number of hydrogen-bond donors (Lipinski definition) is 1. The third-order valence-electron chi connectivity index (χ3n) is 2.52. The van der Waals surface area contributed by atoms with Gasteiger partial charge in [-0.3, -0.25) is 4.79 Å². The molecule has 3 nitrogen and oxygen atoms in total. The van der Waals surface area contributed by atoms with Gasteiger partial charge in [-0.2, -0.15) is 0 Å². The van der Waals surface area contributed by atoms with Crippen molar-refractivity contribution in [1.82, 2.24) is 0 Å². The molecule has 0 aromatic heterocycles. The zero-order valence-corrected chi connectivity index (χ0v) is 10.5. The molecule has 0 saturated heterocycles. The first-order chi connectivity index (χ1) is 8.13. The highest BCUT2D eigenvalue weighted by molar-refractivity contribution is 5.69. The van der Waals surface area contributed by atoms with Crippen LogP contribution in [-0.4, -0.2) is 17.7 Å². The molecule has 0 fully saturated rings. The largest absolute Gasteiger partial charge is 0.466 e. The van der Waals surface area contributed by atoms with E-state index >= 15 is 0 Å². The lowest BCUT2D eigenvalue weighted by Crippen LogP contribution is -2.08. The molecule has 1 rings (SSSR count). The smallest absolute Gasteiger partial charge is 0.305 e. The fraction of sp³-hybridized carbons (Fsp3) is 0.500. The summed E-state index contributed by atoms with van der Waals surface area (Å²) < 4.78 is 4.95. The summed E-state index contributed by atoms with van der Waals surface area (Å²) in [6, 6.07) is 7.69. The van der Waals surface area contributed by atoms with Crippen molar-refractivity contribution >= 4 is 5.97 Å². The van der Waals surface area contributed by atoms with Crippen molar-refractivity contribution < 1.29 is 14.6 Å². The van der Waals surface area contributed by atoms with Crippen molar-refractivity contribution in [3.8, 4) is 0 Å². The lowest BCUT2D eigenvalue weighted by atomic mass is 10.0. The first-order valence-electron chi connectivity index (χ1n) is 6.03. The van der Waals surface area contributed by atoms with Gasteiger partial charge in [-0.25, -0.2) is 0 Å². The summed E-state index contributed by atoms with van der Waals surface area (Å²) in [5.74, 6) is -0.237. The van der Waals surface area contributed by atoms with E-state index < -0.39 is 6.10 Å². The Kier molecular flexibility index (Phi) is 5.70. The third-order valence-corrected chi connectivity index (χ3v) is 2.52. The van der Waals surface area contributed by atoms with Crippen molar-refractivity contribution in [3.63, 3.8) is 0 Å². The summed E-state index contributed by atoms with van der Waals surface area (Å²) in [4.78, 5) is 11.3. The molecule has 0 amide bonds. The summed E-state index contributed by atoms with van der Waals surface area (Å²) in [6.07, 6.45) is 0.900. The van der Waals surface area contributed by atoms with E-state index in [1.807, 2.05) is 38.1 Å². The number of aliphatic hydroxyl groups excluding tert-OH is 1. The van der Waals surface area contributed by atoms with Gasteiger partial charge in [-0.05, 0) is 25.3 Å². The molecule has 94 valence electrons. The van der Waals surface area contributed by atoms with Gasteiger partial charge in [0.15, 0.2) is 0 Å². The third kappa shape index (κ3) is 5.00. The van der Waals surface area contributed by atoms with Gasteiger partial charge >= 0.3 is 5.97 Å². The van der Waals surface area contributed by atoms with Crippen molar-refractivity contribution in [2.75, 3.05) is 6.61 Å². The Morgan fingerprint density at radius 3 is 2.88 bits per heavy atom. The Bertz CT molecular complexity index is 360. The summed E-state index contributed by atoms with van der Waals surface area (Å²) in [5.41, 5.74) is 1.96. The summed E-state index contributed by atoms with van der Waals surface area (Å²) >= 11 is 0. The van der Waals surface area contributed by atoms with E-state index in [0.29, 0.717) is 13.0 Å². The van der Waals surface area contributed by atoms with Crippen molar-refractivity contribution in [3.05, 3.63) is 35.4 Å². The molecule has 17 heavy (non-hydrogen) atoms. The van der Waals surface area contributed by atoms with Gasteiger partial charge in [-0.1, -0.05) is 36.8 Å². The van der Waals surface area contributed by atoms with E-state index in [1.54, 1.807) is 0 Å². The maximum atomic E-state index is 11.3. The highest BCUT2D eigenvalue weighted by Crippen LogP contribution is 2.19. The summed E-state index contributed by atoms with van der Waals surface area (Å²) in [7, 11) is 0. The van der Waals surface area contributed by atoms with Crippen LogP contribution in [0.1, 0.15) is 43.4 Å². The molecule has 0 aliphatic heterocycles. The molecule has 0 bridgehead atoms. The standard InChI is InChI=1S/C14H20O3/c1-3-9-17-14(16)8-7-13(15)12-6-4-5-11(2)10-12/h4-6,10,13,15H,3,7-9H2,1-2H3. The number of aryl methyl sites for hydroxylation is 1. The molecule has 1 aromatic carbocycles. The number of carbonyl (C=O) groups is 1. The molecule has 1 N–H and O–H groups in total. The number of esters is 1. The Morgan fingerprint density at radius 2 is 2.24 bits per heavy atom. The molecular formula is C14H20O3. The van der Waals surface area contributed by atoms with Gasteiger partial charge in [-0.15, -0.1) is 0 Å². The van der Waals surface area contributed by atoms with E-state index in [-0.39, 0.29) is 12.4 Å². The minimum atomic E-state index is -0.593. The average molecular weight is 236 g/mol. The lowest BCUT2D eigenvalue weighted by molar-refractivity contribution is -0.144. The Balaban J connectivity index is 2.39. The second kappa shape index (κ2) is 7.07. The first kappa shape index (κ1) is 13.7. The molecular weight excluding hydrogens is 216 g/mol. The predicted molar refractivity (Wildman–Crippen MR) is 66.6 cm³/mol. The van der Waals surface area contributed by atoms with Crippen LogP contribution in [0.15, 0.2) is 24.3 Å². The quantitative estimate of drug-likeness (QED) is 0.772. The lowest BCUT2D eigenvalue weighted by Gasteiger charge is -2.11. The Labute approximate surface area is 102 Å². The van der Waals surface area contributed by atoms with Crippen LogP contribution < -0.4 is 0 Å². The molecule has 0 spiro atoms. The number of benzene rings is 1. The number of aliphatic hydroxyl groups is 1. The SMILES string of the molecule is CCCOC(=O)CCC(O)c1cccc(C)c1. The molecule has 0 radical (unpaired) electrons. The second-order valence-electron chi connectivity index (χ2n) is 4.19. The Hall–Kier alpha value is -1.35. The average Bonchev–Trinajstić information content (AvgIpc) is 2.33. The van der Waals surface area contributed by atoms with Crippen molar-refractivity contribution in [1.29, 1.82) is 0 Å². The van der Waals surface area contributed by atoms with Crippen LogP contribution in [0.4, 0.5) is 0 Å². The van der Waals surface area contributed by atoms with Crippen LogP contribution in [0, 0.1) is 6.92 Å². The fourth-order valence-electron chi connectivity index (χ4n) is 1.59. The van der Waals surface area contributed by atoms with Crippen LogP contribution in [-0.2, 0) is 9.53 Å². The maximum Gasteiger partial charge on any atom is 0.305 e. The number of carbonyl (C=O) groups excluding carboxylic acids is 1. The molecule has 3 heteroatoms. The fourth-order valence-corrected chi connectivity index (χ4v) is 1.59. The second-order valence-corrected chi connectivity index (χ2v) is 4.19. The van der Waals surface area contributed by atoms with Crippen molar-refractivity contribution in [2.24, 2.45) is 0 Å². The number of ether oxygens (including phenoxy) is 1. The van der Waals surface area contributed by atoms with Gasteiger partial charge in [0.25, 0.3) is 0 Å². The predicted octanol–water partition coefficient (Wildman–Crippen LogP) is 2.76. The van der Waals surface area contributed by atoms with Crippen LogP contribution in [0.2, 0.25) is 0 Å². The van der Waals surface area contributed by atoms with E-state index in [9.17, 15) is 9.90 Å². The van der Waals surface area contributed by atoms with Gasteiger partial charge < -0.3 is 9.84 Å². The molecule has 1 atom stereocenters. The van der Waals surface area contributed by atoms with E-state index in [2.05, 4.69) is 0 Å². The number of hydrogen-bond acceptors (Lipinski definition) is 3. The zero-order valence-electron chi connectivity index (χ0n) is 10.5. The normalized spacial score (nSPS) is 12.2. The molecule has 0 aliphatic rings. The van der Waals surface area contributed by atoms with E-state index in [4.69, 9.17) is 4.74 Å². The molecule has 0 heterocycles. The van der Waals surface area contributed by atoms with E-state index in [1.165, 1.54) is 0 Å². The molecule has 0 saturated carbocycles. The minimum absolute atomic E-state index is 0.237. The van der Waals surface area contributed by atoms with Crippen LogP contribution >= 0.6 is 0 Å². The molecule has 1 unspecified atom stereocenters. The maximum absolute atomic E-state index is 11.3. The topological polar surface area (TPSA) is 46.5 Å². The highest BCUT2D eigenvalue weighted by atomic mass is 16.5. The van der Waals surface area contributed by atoms with Crippen LogP contribution in [0.3, 0.4) is 0 Å². The minimum Gasteiger partial charge on any atom is -0.466 e. The monoisotopic (exact) mass is 236 g/mol. The molecule has 0 aliphatic carbocycles. The van der Waals surface area contributed by atoms with Crippen LogP contribution in [0.25, 0.3) is 0 Å². The first-order valence-corrected chi connectivity index (χ1v) is 6.03. The summed E-state index contributed by atoms with van der Waals surface area (Å²) in [5, 5.41) is 9.91. The van der Waals surface area contributed by atoms with Crippen molar-refractivity contribution in [2.45, 2.75) is 39.2 Å². The van der Waals surface area contributed by atoms with Crippen LogP contribution in [0.5, 0.6) is 0 Å². The Morgan fingerprint density at radius 1 is 1.47 bits per heavy atom. The van der Waals surface area contributed by atoms with Gasteiger partial charge in [0, 0.05) is 6.42 Å². The highest BCUT2D eigenvalue weighted by Gasteiger charge is 2.11. The van der Waals surface area contributed by atoms with Gasteiger partial charge in [0.05, 0.1) is 12.7 Å². The van der Waals surface area contributed by atoms with Gasteiger partial charge in [0.1, 0.15) is 0 Å². The zero-order chi connectivity index (χ0) is 12.7.